The van der Waals surface area contributed by atoms with Gasteiger partial charge in [-0.05, 0) is 25.1 Å². The van der Waals surface area contributed by atoms with Crippen LogP contribution in [0.1, 0.15) is 16.1 Å². The van der Waals surface area contributed by atoms with Gasteiger partial charge in [-0.3, -0.25) is 14.0 Å². The highest BCUT2D eigenvalue weighted by Crippen LogP contribution is 2.25. The number of hydrogen-bond donors (Lipinski definition) is 1. The van der Waals surface area contributed by atoms with E-state index < -0.39 is 11.5 Å². The summed E-state index contributed by atoms with van der Waals surface area (Å²) in [4.78, 5) is 29.4. The number of halogens is 2. The summed E-state index contributed by atoms with van der Waals surface area (Å²) in [6.45, 7) is 1.78. The minimum Gasteiger partial charge on any atom is -0.320 e. The Morgan fingerprint density at radius 1 is 1.36 bits per heavy atom. The molecule has 1 N–H and O–H groups in total. The molecule has 0 aliphatic carbocycles. The zero-order valence-electron chi connectivity index (χ0n) is 11.3. The van der Waals surface area contributed by atoms with Crippen molar-refractivity contribution >= 4 is 51.1 Å². The van der Waals surface area contributed by atoms with E-state index in [1.165, 1.54) is 28.0 Å². The number of aryl methyl sites for hydroxylation is 1. The number of fused-ring (bicyclic) bond motifs is 1. The van der Waals surface area contributed by atoms with Gasteiger partial charge in [0.05, 0.1) is 10.7 Å². The lowest BCUT2D eigenvalue weighted by atomic mass is 10.2. The number of rotatable bonds is 2. The van der Waals surface area contributed by atoms with Gasteiger partial charge in [0.25, 0.3) is 11.5 Å². The van der Waals surface area contributed by atoms with Gasteiger partial charge in [-0.25, -0.2) is 4.98 Å². The van der Waals surface area contributed by atoms with E-state index in [0.717, 1.165) is 5.69 Å². The van der Waals surface area contributed by atoms with Gasteiger partial charge in [0.1, 0.15) is 5.56 Å². The molecule has 1 aromatic carbocycles. The van der Waals surface area contributed by atoms with Crippen LogP contribution in [0.25, 0.3) is 4.96 Å². The Labute approximate surface area is 139 Å². The molecule has 1 amide bonds. The molecular weight excluding hydrogens is 345 g/mol. The molecule has 0 saturated carbocycles. The smallest absolute Gasteiger partial charge is 0.271 e. The summed E-state index contributed by atoms with van der Waals surface area (Å²) < 4.78 is 1.40. The Bertz CT molecular complexity index is 949. The van der Waals surface area contributed by atoms with Gasteiger partial charge in [-0.1, -0.05) is 23.2 Å². The van der Waals surface area contributed by atoms with E-state index in [1.54, 1.807) is 24.4 Å². The van der Waals surface area contributed by atoms with Crippen LogP contribution in [0.15, 0.2) is 34.6 Å². The van der Waals surface area contributed by atoms with Gasteiger partial charge in [0.2, 0.25) is 0 Å². The second-order valence-corrected chi connectivity index (χ2v) is 6.23. The van der Waals surface area contributed by atoms with E-state index in [0.29, 0.717) is 20.7 Å². The minimum absolute atomic E-state index is 0.0601. The summed E-state index contributed by atoms with van der Waals surface area (Å²) in [5.74, 6) is -0.582. The second-order valence-electron chi connectivity index (χ2n) is 4.55. The van der Waals surface area contributed by atoms with Crippen molar-refractivity contribution in [2.75, 3.05) is 5.32 Å². The molecule has 0 atom stereocenters. The summed E-state index contributed by atoms with van der Waals surface area (Å²) in [5, 5.41) is 5.15. The average molecular weight is 354 g/mol. The Morgan fingerprint density at radius 2 is 2.14 bits per heavy atom. The van der Waals surface area contributed by atoms with Gasteiger partial charge in [-0.15, -0.1) is 11.3 Å². The number of benzene rings is 1. The maximum absolute atomic E-state index is 12.4. The van der Waals surface area contributed by atoms with Crippen molar-refractivity contribution in [2.45, 2.75) is 6.92 Å². The molecule has 3 aromatic rings. The van der Waals surface area contributed by atoms with Crippen LogP contribution in [0.2, 0.25) is 10.0 Å². The van der Waals surface area contributed by atoms with Crippen molar-refractivity contribution < 1.29 is 4.79 Å². The largest absolute Gasteiger partial charge is 0.320 e. The molecule has 2 heterocycles. The molecule has 8 heteroatoms. The summed E-state index contributed by atoms with van der Waals surface area (Å²) in [5.41, 5.74) is 0.591. The zero-order valence-corrected chi connectivity index (χ0v) is 13.6. The van der Waals surface area contributed by atoms with Crippen LogP contribution in [0.4, 0.5) is 5.69 Å². The lowest BCUT2D eigenvalue weighted by Crippen LogP contribution is -2.26. The van der Waals surface area contributed by atoms with Crippen molar-refractivity contribution in [3.05, 3.63) is 61.4 Å². The van der Waals surface area contributed by atoms with E-state index in [9.17, 15) is 9.59 Å². The van der Waals surface area contributed by atoms with Gasteiger partial charge >= 0.3 is 0 Å². The van der Waals surface area contributed by atoms with Crippen LogP contribution in [-0.4, -0.2) is 15.3 Å². The lowest BCUT2D eigenvalue weighted by Gasteiger charge is -2.07. The topological polar surface area (TPSA) is 63.5 Å². The molecule has 0 saturated heterocycles. The van der Waals surface area contributed by atoms with Crippen LogP contribution >= 0.6 is 34.5 Å². The Kier molecular flexibility index (Phi) is 3.90. The molecule has 112 valence electrons. The third-order valence-electron chi connectivity index (χ3n) is 3.04. The van der Waals surface area contributed by atoms with Crippen molar-refractivity contribution in [3.63, 3.8) is 0 Å². The SMILES string of the molecule is Cc1csc2ncc(C(=O)Nc3cc(Cl)ccc3Cl)c(=O)n12. The predicted octanol–water partition coefficient (Wildman–Crippen LogP) is 3.62. The number of carbonyl (C=O) groups excluding carboxylic acids is 1. The Morgan fingerprint density at radius 3 is 2.91 bits per heavy atom. The number of amides is 1. The highest BCUT2D eigenvalue weighted by molar-refractivity contribution is 7.15. The first-order chi connectivity index (χ1) is 10.5. The van der Waals surface area contributed by atoms with Crippen molar-refractivity contribution in [3.8, 4) is 0 Å². The van der Waals surface area contributed by atoms with Gasteiger partial charge in [0.15, 0.2) is 4.96 Å². The lowest BCUT2D eigenvalue weighted by molar-refractivity contribution is 0.102. The van der Waals surface area contributed by atoms with Crippen LogP contribution < -0.4 is 10.9 Å². The zero-order chi connectivity index (χ0) is 15.9. The molecule has 0 spiro atoms. The number of carbonyl (C=O) groups is 1. The molecule has 0 bridgehead atoms. The third-order valence-corrected chi connectivity index (χ3v) is 4.56. The molecular formula is C14H9Cl2N3O2S. The second kappa shape index (κ2) is 5.72. The maximum atomic E-state index is 12.4. The fourth-order valence-electron chi connectivity index (χ4n) is 1.96. The van der Waals surface area contributed by atoms with Crippen LogP contribution in [0.5, 0.6) is 0 Å². The normalized spacial score (nSPS) is 10.9. The van der Waals surface area contributed by atoms with Crippen molar-refractivity contribution in [1.29, 1.82) is 0 Å². The summed E-state index contributed by atoms with van der Waals surface area (Å²) in [6, 6.07) is 4.69. The quantitative estimate of drug-likeness (QED) is 0.765. The summed E-state index contributed by atoms with van der Waals surface area (Å²) >= 11 is 13.2. The monoisotopic (exact) mass is 353 g/mol. The van der Waals surface area contributed by atoms with Gasteiger partial charge < -0.3 is 5.32 Å². The fourth-order valence-corrected chi connectivity index (χ4v) is 3.13. The van der Waals surface area contributed by atoms with E-state index in [4.69, 9.17) is 23.2 Å². The number of thiazole rings is 1. The van der Waals surface area contributed by atoms with Crippen LogP contribution in [-0.2, 0) is 0 Å². The van der Waals surface area contributed by atoms with Crippen molar-refractivity contribution in [1.82, 2.24) is 9.38 Å². The molecule has 0 aliphatic rings. The summed E-state index contributed by atoms with van der Waals surface area (Å²) in [6.07, 6.45) is 1.27. The maximum Gasteiger partial charge on any atom is 0.271 e. The van der Waals surface area contributed by atoms with E-state index in [-0.39, 0.29) is 5.56 Å². The molecule has 2 aromatic heterocycles. The Balaban J connectivity index is 2.02. The Hall–Kier alpha value is -1.89. The number of anilines is 1. The molecule has 0 aliphatic heterocycles. The molecule has 3 rings (SSSR count). The van der Waals surface area contributed by atoms with Crippen LogP contribution in [0.3, 0.4) is 0 Å². The fraction of sp³-hybridized carbons (Fsp3) is 0.0714. The average Bonchev–Trinajstić information content (AvgIpc) is 2.85. The first-order valence-electron chi connectivity index (χ1n) is 6.19. The third kappa shape index (κ3) is 2.61. The van der Waals surface area contributed by atoms with E-state index in [2.05, 4.69) is 10.3 Å². The molecule has 0 fully saturated rings. The number of hydrogen-bond acceptors (Lipinski definition) is 4. The molecule has 22 heavy (non-hydrogen) atoms. The van der Waals surface area contributed by atoms with Gasteiger partial charge in [-0.2, -0.15) is 0 Å². The minimum atomic E-state index is -0.582. The number of aromatic nitrogens is 2. The highest BCUT2D eigenvalue weighted by atomic mass is 35.5. The first-order valence-corrected chi connectivity index (χ1v) is 7.83. The molecule has 0 radical (unpaired) electrons. The van der Waals surface area contributed by atoms with Crippen LogP contribution in [0, 0.1) is 6.92 Å². The standard InChI is InChI=1S/C14H9Cl2N3O2S/c1-7-6-22-14-17-5-9(13(21)19(7)14)12(20)18-11-4-8(15)2-3-10(11)16/h2-6H,1H3,(H,18,20). The van der Waals surface area contributed by atoms with E-state index >= 15 is 0 Å². The first kappa shape index (κ1) is 15.0. The highest BCUT2D eigenvalue weighted by Gasteiger charge is 2.16. The molecule has 0 unspecified atom stereocenters. The molecule has 5 nitrogen and oxygen atoms in total. The number of nitrogens with zero attached hydrogens (tertiary/aromatic N) is 2. The summed E-state index contributed by atoms with van der Waals surface area (Å²) in [7, 11) is 0. The van der Waals surface area contributed by atoms with Gasteiger partial charge in [0, 0.05) is 22.3 Å². The predicted molar refractivity (Wildman–Crippen MR) is 88.5 cm³/mol. The van der Waals surface area contributed by atoms with E-state index in [1.807, 2.05) is 0 Å². The van der Waals surface area contributed by atoms with Crippen molar-refractivity contribution in [2.24, 2.45) is 0 Å². The number of nitrogens with one attached hydrogen (secondary N) is 1.